The minimum absolute atomic E-state index is 0.0636. The van der Waals surface area contributed by atoms with Crippen LogP contribution in [0.1, 0.15) is 42.9 Å². The van der Waals surface area contributed by atoms with Crippen LogP contribution < -0.4 is 0 Å². The molecule has 10 heteroatoms. The first-order chi connectivity index (χ1) is 17.3. The molecule has 0 radical (unpaired) electrons. The van der Waals surface area contributed by atoms with E-state index in [2.05, 4.69) is 0 Å². The summed E-state index contributed by atoms with van der Waals surface area (Å²) in [6, 6.07) is 11.7. The number of nitrogens with zero attached hydrogens (tertiary/aromatic N) is 2. The smallest absolute Gasteiger partial charge is 0.295 e. The van der Waals surface area contributed by atoms with E-state index in [9.17, 15) is 23.1 Å². The molecule has 0 bridgehead atoms. The number of amides is 1. The van der Waals surface area contributed by atoms with Crippen molar-refractivity contribution in [2.24, 2.45) is 0 Å². The number of sulfonamides is 1. The number of benzene rings is 2. The third-order valence-corrected chi connectivity index (χ3v) is 8.68. The molecule has 2 aliphatic rings. The van der Waals surface area contributed by atoms with Crippen molar-refractivity contribution in [3.8, 4) is 0 Å². The van der Waals surface area contributed by atoms with Gasteiger partial charge in [0.2, 0.25) is 10.0 Å². The summed E-state index contributed by atoms with van der Waals surface area (Å²) in [6.07, 6.45) is 3.16. The monoisotopic (exact) mass is 532 g/mol. The Morgan fingerprint density at radius 2 is 1.78 bits per heavy atom. The van der Waals surface area contributed by atoms with Crippen LogP contribution in [-0.4, -0.2) is 67.8 Å². The Labute approximate surface area is 216 Å². The van der Waals surface area contributed by atoms with Crippen LogP contribution in [-0.2, 0) is 24.3 Å². The van der Waals surface area contributed by atoms with Crippen molar-refractivity contribution >= 4 is 39.1 Å². The van der Waals surface area contributed by atoms with E-state index in [-0.39, 0.29) is 28.3 Å². The summed E-state index contributed by atoms with van der Waals surface area (Å²) >= 11 is 6.19. The van der Waals surface area contributed by atoms with E-state index in [0.717, 1.165) is 19.3 Å². The first-order valence-electron chi connectivity index (χ1n) is 11.9. The van der Waals surface area contributed by atoms with E-state index in [4.69, 9.17) is 16.3 Å². The SMILES string of the molecule is COCCCN1C(=O)C(=O)C(=C(O)c2ccc(S(=O)(=O)N3CCCCC3)cc2)C1c1cccc(Cl)c1. The molecule has 2 saturated heterocycles. The largest absolute Gasteiger partial charge is 0.507 e. The number of hydrogen-bond donors (Lipinski definition) is 1. The van der Waals surface area contributed by atoms with Gasteiger partial charge in [-0.2, -0.15) is 4.31 Å². The number of rotatable bonds is 8. The van der Waals surface area contributed by atoms with Crippen LogP contribution in [0, 0.1) is 0 Å². The fraction of sp³-hybridized carbons (Fsp3) is 0.385. The van der Waals surface area contributed by atoms with Gasteiger partial charge in [-0.3, -0.25) is 9.59 Å². The standard InChI is InChI=1S/C26H29ClN2O6S/c1-35-16-6-15-29-23(19-7-5-8-20(27)17-19)22(25(31)26(29)32)24(30)18-9-11-21(12-10-18)36(33,34)28-13-3-2-4-14-28/h5,7-12,17,23,30H,2-4,6,13-16H2,1H3. The minimum atomic E-state index is -3.64. The highest BCUT2D eigenvalue weighted by atomic mass is 35.5. The van der Waals surface area contributed by atoms with Gasteiger partial charge in [0, 0.05) is 43.9 Å². The molecule has 8 nitrogen and oxygen atoms in total. The fourth-order valence-electron chi connectivity index (χ4n) is 4.71. The van der Waals surface area contributed by atoms with Crippen LogP contribution in [0.15, 0.2) is 59.0 Å². The number of aliphatic hydroxyl groups excluding tert-OH is 1. The van der Waals surface area contributed by atoms with E-state index >= 15 is 0 Å². The molecule has 0 spiro atoms. The van der Waals surface area contributed by atoms with Crippen LogP contribution >= 0.6 is 11.6 Å². The van der Waals surface area contributed by atoms with Crippen molar-refractivity contribution in [1.29, 1.82) is 0 Å². The number of likely N-dealkylation sites (tertiary alicyclic amines) is 1. The van der Waals surface area contributed by atoms with Gasteiger partial charge in [-0.25, -0.2) is 8.42 Å². The lowest BCUT2D eigenvalue weighted by Crippen LogP contribution is -2.35. The molecular formula is C26H29ClN2O6S. The zero-order valence-corrected chi connectivity index (χ0v) is 21.6. The highest BCUT2D eigenvalue weighted by Gasteiger charge is 2.45. The van der Waals surface area contributed by atoms with Gasteiger partial charge in [0.05, 0.1) is 16.5 Å². The summed E-state index contributed by atoms with van der Waals surface area (Å²) in [7, 11) is -2.09. The molecule has 4 rings (SSSR count). The summed E-state index contributed by atoms with van der Waals surface area (Å²) in [4.78, 5) is 27.6. The molecule has 2 heterocycles. The average molecular weight is 533 g/mol. The third kappa shape index (κ3) is 5.20. The second kappa shape index (κ2) is 11.1. The van der Waals surface area contributed by atoms with Crippen molar-refractivity contribution < 1.29 is 27.9 Å². The molecule has 1 amide bonds. The van der Waals surface area contributed by atoms with Gasteiger partial charge in [0.1, 0.15) is 5.76 Å². The predicted octanol–water partition coefficient (Wildman–Crippen LogP) is 3.97. The highest BCUT2D eigenvalue weighted by Crippen LogP contribution is 2.40. The van der Waals surface area contributed by atoms with Gasteiger partial charge in [0.15, 0.2) is 0 Å². The lowest BCUT2D eigenvalue weighted by atomic mass is 9.95. The van der Waals surface area contributed by atoms with Crippen molar-refractivity contribution in [2.45, 2.75) is 36.6 Å². The second-order valence-electron chi connectivity index (χ2n) is 8.88. The van der Waals surface area contributed by atoms with E-state index < -0.39 is 27.8 Å². The van der Waals surface area contributed by atoms with Crippen molar-refractivity contribution in [2.75, 3.05) is 33.4 Å². The molecule has 2 fully saturated rings. The van der Waals surface area contributed by atoms with Gasteiger partial charge < -0.3 is 14.7 Å². The molecule has 1 unspecified atom stereocenters. The lowest BCUT2D eigenvalue weighted by Gasteiger charge is -2.26. The molecular weight excluding hydrogens is 504 g/mol. The summed E-state index contributed by atoms with van der Waals surface area (Å²) in [6.45, 7) is 1.62. The first kappa shape index (κ1) is 26.3. The summed E-state index contributed by atoms with van der Waals surface area (Å²) < 4.78 is 32.5. The van der Waals surface area contributed by atoms with E-state index in [0.29, 0.717) is 36.7 Å². The fourth-order valence-corrected chi connectivity index (χ4v) is 6.42. The Morgan fingerprint density at radius 3 is 2.42 bits per heavy atom. The minimum Gasteiger partial charge on any atom is -0.507 e. The lowest BCUT2D eigenvalue weighted by molar-refractivity contribution is -0.140. The van der Waals surface area contributed by atoms with Crippen molar-refractivity contribution in [1.82, 2.24) is 9.21 Å². The number of Topliss-reactive ketones (excluding diaryl/α,β-unsaturated/α-hetero) is 1. The Kier molecular flexibility index (Phi) is 8.14. The van der Waals surface area contributed by atoms with Crippen molar-refractivity contribution in [3.05, 3.63) is 70.3 Å². The number of methoxy groups -OCH3 is 1. The Balaban J connectivity index is 1.72. The number of hydrogen-bond acceptors (Lipinski definition) is 6. The third-order valence-electron chi connectivity index (χ3n) is 6.53. The van der Waals surface area contributed by atoms with E-state index in [1.54, 1.807) is 31.4 Å². The van der Waals surface area contributed by atoms with Crippen LogP contribution in [0.2, 0.25) is 5.02 Å². The molecule has 2 aromatic rings. The molecule has 2 aliphatic heterocycles. The molecule has 1 N–H and O–H groups in total. The van der Waals surface area contributed by atoms with E-state index in [1.165, 1.54) is 33.5 Å². The zero-order valence-electron chi connectivity index (χ0n) is 20.0. The molecule has 36 heavy (non-hydrogen) atoms. The average Bonchev–Trinajstić information content (AvgIpc) is 3.14. The number of ketones is 1. The van der Waals surface area contributed by atoms with Crippen LogP contribution in [0.5, 0.6) is 0 Å². The maximum Gasteiger partial charge on any atom is 0.295 e. The number of aliphatic hydroxyl groups is 1. The summed E-state index contributed by atoms with van der Waals surface area (Å²) in [5.41, 5.74) is 0.769. The quantitative estimate of drug-likeness (QED) is 0.239. The van der Waals surface area contributed by atoms with Crippen LogP contribution in [0.25, 0.3) is 5.76 Å². The van der Waals surface area contributed by atoms with Crippen molar-refractivity contribution in [3.63, 3.8) is 0 Å². The molecule has 0 saturated carbocycles. The Bertz CT molecular complexity index is 1270. The normalized spacial score (nSPS) is 20.7. The topological polar surface area (TPSA) is 104 Å². The number of halogens is 1. The first-order valence-corrected chi connectivity index (χ1v) is 13.7. The second-order valence-corrected chi connectivity index (χ2v) is 11.3. The molecule has 0 aliphatic carbocycles. The van der Waals surface area contributed by atoms with Crippen LogP contribution in [0.4, 0.5) is 0 Å². The number of ether oxygens (including phenoxy) is 1. The maximum atomic E-state index is 13.1. The van der Waals surface area contributed by atoms with Gasteiger partial charge in [-0.15, -0.1) is 0 Å². The Hall–Kier alpha value is -2.72. The Morgan fingerprint density at radius 1 is 1.08 bits per heavy atom. The van der Waals surface area contributed by atoms with Gasteiger partial charge >= 0.3 is 0 Å². The highest BCUT2D eigenvalue weighted by molar-refractivity contribution is 7.89. The van der Waals surface area contributed by atoms with Gasteiger partial charge in [-0.1, -0.05) is 30.2 Å². The zero-order chi connectivity index (χ0) is 25.9. The molecule has 192 valence electrons. The molecule has 0 aromatic heterocycles. The number of carbonyl (C=O) groups excluding carboxylic acids is 2. The molecule has 2 aromatic carbocycles. The van der Waals surface area contributed by atoms with E-state index in [1.807, 2.05) is 0 Å². The summed E-state index contributed by atoms with van der Waals surface area (Å²) in [5.74, 6) is -1.89. The maximum absolute atomic E-state index is 13.1. The summed E-state index contributed by atoms with van der Waals surface area (Å²) in [5, 5.41) is 11.6. The number of carbonyl (C=O) groups is 2. The molecule has 1 atom stereocenters. The van der Waals surface area contributed by atoms with Crippen LogP contribution in [0.3, 0.4) is 0 Å². The number of piperidine rings is 1. The van der Waals surface area contributed by atoms with Gasteiger partial charge in [0.25, 0.3) is 11.7 Å². The van der Waals surface area contributed by atoms with Gasteiger partial charge in [-0.05, 0) is 61.2 Å². The predicted molar refractivity (Wildman–Crippen MR) is 136 cm³/mol.